The number of rotatable bonds is 7. The lowest BCUT2D eigenvalue weighted by atomic mass is 9.74. The Labute approximate surface area is 190 Å². The van der Waals surface area contributed by atoms with E-state index < -0.39 is 23.8 Å². The lowest BCUT2D eigenvalue weighted by molar-refractivity contribution is -0.123. The molecule has 0 aromatic heterocycles. The first-order chi connectivity index (χ1) is 14.8. The number of nitrogens with two attached hydrogens (primary N) is 2. The van der Waals surface area contributed by atoms with Crippen LogP contribution in [0.4, 0.5) is 4.39 Å². The Bertz CT molecular complexity index is 676. The predicted octanol–water partition coefficient (Wildman–Crippen LogP) is 1.86. The standard InChI is InChI=1S/C22H38ClFN6O/c1-3-18(29-21(26)19(25)22(31)28-14-8-10-30(2)12-14)15-5-4-9-27-20(15)13-6-7-17(24)16(23)11-13/h9,13-17,19-21H,3-8,10-12,25-26H2,1-2H3,(H,28,31). The van der Waals surface area contributed by atoms with Gasteiger partial charge in [-0.15, -0.1) is 11.6 Å². The van der Waals surface area contributed by atoms with E-state index in [1.54, 1.807) is 0 Å². The molecule has 7 nitrogen and oxygen atoms in total. The van der Waals surface area contributed by atoms with E-state index in [1.165, 1.54) is 0 Å². The van der Waals surface area contributed by atoms with E-state index in [1.807, 2.05) is 20.2 Å². The van der Waals surface area contributed by atoms with E-state index >= 15 is 0 Å². The molecular formula is C22H38ClFN6O. The first-order valence-corrected chi connectivity index (χ1v) is 12.1. The van der Waals surface area contributed by atoms with Gasteiger partial charge in [0.05, 0.1) is 11.4 Å². The highest BCUT2D eigenvalue weighted by molar-refractivity contribution is 6.21. The summed E-state index contributed by atoms with van der Waals surface area (Å²) in [6, 6.07) is -0.753. The minimum Gasteiger partial charge on any atom is -0.351 e. The molecule has 5 N–H and O–H groups in total. The van der Waals surface area contributed by atoms with Crippen LogP contribution in [0, 0.1) is 11.8 Å². The molecule has 1 saturated carbocycles. The summed E-state index contributed by atoms with van der Waals surface area (Å²) < 4.78 is 13.9. The first-order valence-electron chi connectivity index (χ1n) is 11.7. The van der Waals surface area contributed by atoms with Gasteiger partial charge in [0.1, 0.15) is 18.4 Å². The monoisotopic (exact) mass is 456 g/mol. The van der Waals surface area contributed by atoms with Crippen molar-refractivity contribution in [3.8, 4) is 0 Å². The number of nitrogens with zero attached hydrogens (tertiary/aromatic N) is 3. The van der Waals surface area contributed by atoms with Crippen LogP contribution >= 0.6 is 11.6 Å². The quantitative estimate of drug-likeness (QED) is 0.401. The highest BCUT2D eigenvalue weighted by Gasteiger charge is 2.39. The van der Waals surface area contributed by atoms with Gasteiger partial charge in [0, 0.05) is 24.2 Å². The van der Waals surface area contributed by atoms with Gasteiger partial charge in [-0.3, -0.25) is 14.8 Å². The van der Waals surface area contributed by atoms with Crippen molar-refractivity contribution in [2.75, 3.05) is 20.1 Å². The Morgan fingerprint density at radius 3 is 2.77 bits per heavy atom. The number of hydrogen-bond donors (Lipinski definition) is 3. The van der Waals surface area contributed by atoms with E-state index in [9.17, 15) is 9.18 Å². The number of alkyl halides is 2. The molecule has 1 aliphatic carbocycles. The summed E-state index contributed by atoms with van der Waals surface area (Å²) >= 11 is 6.24. The van der Waals surface area contributed by atoms with Gasteiger partial charge in [0.25, 0.3) is 0 Å². The molecule has 176 valence electrons. The Kier molecular flexibility index (Phi) is 8.84. The van der Waals surface area contributed by atoms with E-state index in [2.05, 4.69) is 10.2 Å². The summed E-state index contributed by atoms with van der Waals surface area (Å²) in [4.78, 5) is 24.3. The van der Waals surface area contributed by atoms with Crippen LogP contribution in [-0.4, -0.2) is 78.7 Å². The van der Waals surface area contributed by atoms with E-state index in [0.717, 1.165) is 50.9 Å². The maximum Gasteiger partial charge on any atom is 0.240 e. The van der Waals surface area contributed by atoms with Gasteiger partial charge in [-0.1, -0.05) is 6.92 Å². The number of carbonyl (C=O) groups excluding carboxylic acids is 1. The number of nitrogens with one attached hydrogen (secondary N) is 1. The predicted molar refractivity (Wildman–Crippen MR) is 125 cm³/mol. The van der Waals surface area contributed by atoms with Crippen LogP contribution in [-0.2, 0) is 4.79 Å². The first kappa shape index (κ1) is 24.6. The SMILES string of the molecule is CCC(=NC(N)C(N)C(=O)NC1CCN(C)C1)C1CCC=NC1C1CCC(F)C(Cl)C1. The summed E-state index contributed by atoms with van der Waals surface area (Å²) in [6.45, 7) is 3.83. The van der Waals surface area contributed by atoms with E-state index in [0.29, 0.717) is 12.8 Å². The number of amides is 1. The maximum atomic E-state index is 13.9. The van der Waals surface area contributed by atoms with Crippen LogP contribution in [0.2, 0.25) is 0 Å². The average molecular weight is 457 g/mol. The normalized spacial score (nSPS) is 36.9. The summed E-state index contributed by atoms with van der Waals surface area (Å²) in [5, 5.41) is 2.55. The molecule has 2 aliphatic heterocycles. The summed E-state index contributed by atoms with van der Waals surface area (Å²) in [6.07, 6.45) is 5.55. The second-order valence-electron chi connectivity index (χ2n) is 9.36. The molecule has 8 atom stereocenters. The minimum atomic E-state index is -0.937. The smallest absolute Gasteiger partial charge is 0.240 e. The molecule has 3 aliphatic rings. The molecule has 2 fully saturated rings. The van der Waals surface area contributed by atoms with Crippen molar-refractivity contribution in [3.05, 3.63) is 0 Å². The number of likely N-dealkylation sites (N-methyl/N-ethyl adjacent to an activating group) is 1. The molecular weight excluding hydrogens is 419 g/mol. The van der Waals surface area contributed by atoms with Gasteiger partial charge < -0.3 is 21.7 Å². The number of carbonyl (C=O) groups is 1. The molecule has 0 bridgehead atoms. The van der Waals surface area contributed by atoms with E-state index in [4.69, 9.17) is 33.1 Å². The van der Waals surface area contributed by atoms with Crippen molar-refractivity contribution in [3.63, 3.8) is 0 Å². The molecule has 0 spiro atoms. The van der Waals surface area contributed by atoms with Crippen LogP contribution in [0.25, 0.3) is 0 Å². The summed E-state index contributed by atoms with van der Waals surface area (Å²) in [5.41, 5.74) is 13.4. The number of likely N-dealkylation sites (tertiary alicyclic amines) is 1. The maximum absolute atomic E-state index is 13.9. The van der Waals surface area contributed by atoms with Crippen LogP contribution in [0.15, 0.2) is 9.98 Å². The molecule has 0 aromatic rings. The third kappa shape index (κ3) is 6.24. The molecule has 0 radical (unpaired) electrons. The fraction of sp³-hybridized carbons (Fsp3) is 0.864. The molecule has 31 heavy (non-hydrogen) atoms. The highest BCUT2D eigenvalue weighted by atomic mass is 35.5. The largest absolute Gasteiger partial charge is 0.351 e. The van der Waals surface area contributed by atoms with Gasteiger partial charge in [-0.25, -0.2) is 4.39 Å². The summed E-state index contributed by atoms with van der Waals surface area (Å²) in [7, 11) is 2.03. The molecule has 8 unspecified atom stereocenters. The molecule has 0 aromatic carbocycles. The van der Waals surface area contributed by atoms with Crippen LogP contribution in [0.3, 0.4) is 0 Å². The fourth-order valence-electron chi connectivity index (χ4n) is 5.18. The van der Waals surface area contributed by atoms with Crippen LogP contribution in [0.5, 0.6) is 0 Å². The third-order valence-electron chi connectivity index (χ3n) is 7.03. The number of halogens is 2. The Morgan fingerprint density at radius 1 is 1.35 bits per heavy atom. The van der Waals surface area contributed by atoms with Gasteiger partial charge in [-0.05, 0) is 70.7 Å². The molecule has 1 saturated heterocycles. The average Bonchev–Trinajstić information content (AvgIpc) is 3.17. The van der Waals surface area contributed by atoms with Crippen molar-refractivity contribution in [2.45, 2.75) is 87.7 Å². The fourth-order valence-corrected chi connectivity index (χ4v) is 5.54. The zero-order chi connectivity index (χ0) is 22.5. The summed E-state index contributed by atoms with van der Waals surface area (Å²) in [5.74, 6) is 0.113. The Hall–Kier alpha value is -1.09. The zero-order valence-electron chi connectivity index (χ0n) is 18.7. The van der Waals surface area contributed by atoms with Gasteiger partial charge in [0.15, 0.2) is 0 Å². The second-order valence-corrected chi connectivity index (χ2v) is 9.92. The molecule has 2 heterocycles. The molecule has 3 rings (SSSR count). The highest BCUT2D eigenvalue weighted by Crippen LogP contribution is 2.38. The van der Waals surface area contributed by atoms with Crippen molar-refractivity contribution in [1.29, 1.82) is 0 Å². The minimum absolute atomic E-state index is 0.0347. The van der Waals surface area contributed by atoms with Gasteiger partial charge in [0.2, 0.25) is 5.91 Å². The molecule has 1 amide bonds. The van der Waals surface area contributed by atoms with Gasteiger partial charge in [-0.2, -0.15) is 0 Å². The Balaban J connectivity index is 1.66. The van der Waals surface area contributed by atoms with Crippen LogP contribution < -0.4 is 16.8 Å². The zero-order valence-corrected chi connectivity index (χ0v) is 19.5. The van der Waals surface area contributed by atoms with Crippen molar-refractivity contribution < 1.29 is 9.18 Å². The Morgan fingerprint density at radius 2 is 2.13 bits per heavy atom. The van der Waals surface area contributed by atoms with Crippen molar-refractivity contribution >= 4 is 29.4 Å². The molecule has 9 heteroatoms. The topological polar surface area (TPSA) is 109 Å². The van der Waals surface area contributed by atoms with Crippen molar-refractivity contribution in [2.24, 2.45) is 33.3 Å². The second kappa shape index (κ2) is 11.2. The third-order valence-corrected chi connectivity index (χ3v) is 7.48. The van der Waals surface area contributed by atoms with Crippen molar-refractivity contribution in [1.82, 2.24) is 10.2 Å². The van der Waals surface area contributed by atoms with E-state index in [-0.39, 0.29) is 29.8 Å². The van der Waals surface area contributed by atoms with Crippen LogP contribution in [0.1, 0.15) is 51.9 Å². The lowest BCUT2D eigenvalue weighted by Crippen LogP contribution is -2.54. The number of aliphatic imine (C=N–C) groups is 2. The lowest BCUT2D eigenvalue weighted by Gasteiger charge is -2.38. The van der Waals surface area contributed by atoms with Gasteiger partial charge >= 0.3 is 0 Å². The number of hydrogen-bond acceptors (Lipinski definition) is 6.